The van der Waals surface area contributed by atoms with Gasteiger partial charge in [-0.15, -0.1) is 0 Å². The number of rotatable bonds is 10. The molecule has 0 spiro atoms. The number of carboxylic acids is 2. The summed E-state index contributed by atoms with van der Waals surface area (Å²) in [6.45, 7) is 2.70. The van der Waals surface area contributed by atoms with Crippen LogP contribution in [0.3, 0.4) is 0 Å². The van der Waals surface area contributed by atoms with Crippen molar-refractivity contribution in [3.05, 3.63) is 0 Å². The molecule has 12 nitrogen and oxygen atoms in total. The molecule has 0 aliphatic carbocycles. The van der Waals surface area contributed by atoms with Gasteiger partial charge in [0.15, 0.2) is 0 Å². The van der Waals surface area contributed by atoms with Crippen LogP contribution in [-0.2, 0) is 24.0 Å². The van der Waals surface area contributed by atoms with Crippen LogP contribution in [0.4, 0.5) is 0 Å². The summed E-state index contributed by atoms with van der Waals surface area (Å²) in [5.74, 6) is -5.25. The van der Waals surface area contributed by atoms with Crippen molar-refractivity contribution in [3.63, 3.8) is 0 Å². The molecule has 1 rings (SSSR count). The Labute approximate surface area is 167 Å². The van der Waals surface area contributed by atoms with Crippen molar-refractivity contribution < 1.29 is 39.3 Å². The lowest BCUT2D eigenvalue weighted by molar-refractivity contribution is -0.147. The number of carbonyl (C=O) groups is 5. The summed E-state index contributed by atoms with van der Waals surface area (Å²) >= 11 is 0. The maximum Gasteiger partial charge on any atom is 0.328 e. The Bertz CT molecular complexity index is 653. The van der Waals surface area contributed by atoms with Crippen LogP contribution in [-0.4, -0.2) is 87.2 Å². The van der Waals surface area contributed by atoms with Gasteiger partial charge in [0.2, 0.25) is 17.7 Å². The highest BCUT2D eigenvalue weighted by Gasteiger charge is 2.39. The Morgan fingerprint density at radius 3 is 2.21 bits per heavy atom. The van der Waals surface area contributed by atoms with Crippen molar-refractivity contribution in [2.24, 2.45) is 11.7 Å². The Balaban J connectivity index is 2.95. The zero-order valence-corrected chi connectivity index (χ0v) is 16.3. The lowest BCUT2D eigenvalue weighted by atomic mass is 10.0. The fraction of sp³-hybridized carbons (Fsp3) is 0.706. The fourth-order valence-corrected chi connectivity index (χ4v) is 2.90. The first kappa shape index (κ1) is 24.3. The molecular weight excluding hydrogens is 388 g/mol. The summed E-state index contributed by atoms with van der Waals surface area (Å²) in [5.41, 5.74) is 5.74. The van der Waals surface area contributed by atoms with Gasteiger partial charge in [-0.3, -0.25) is 19.2 Å². The predicted molar refractivity (Wildman–Crippen MR) is 98.4 cm³/mol. The number of nitrogens with zero attached hydrogens (tertiary/aromatic N) is 1. The summed E-state index contributed by atoms with van der Waals surface area (Å²) in [4.78, 5) is 60.7. The van der Waals surface area contributed by atoms with E-state index in [0.29, 0.717) is 6.42 Å². The van der Waals surface area contributed by atoms with Gasteiger partial charge in [0.25, 0.3) is 0 Å². The topological polar surface area (TPSA) is 199 Å². The molecule has 29 heavy (non-hydrogen) atoms. The van der Waals surface area contributed by atoms with E-state index in [2.05, 4.69) is 10.6 Å². The van der Waals surface area contributed by atoms with Gasteiger partial charge in [0.05, 0.1) is 19.1 Å². The molecule has 7 N–H and O–H groups in total. The number of aliphatic hydroxyl groups is 1. The molecule has 164 valence electrons. The first-order valence-corrected chi connectivity index (χ1v) is 9.21. The smallest absolute Gasteiger partial charge is 0.328 e. The second-order valence-corrected chi connectivity index (χ2v) is 7.20. The average molecular weight is 416 g/mol. The maximum atomic E-state index is 12.9. The van der Waals surface area contributed by atoms with Gasteiger partial charge in [-0.1, -0.05) is 13.8 Å². The number of nitrogens with one attached hydrogen (secondary N) is 2. The number of hydrogen-bond donors (Lipinski definition) is 6. The van der Waals surface area contributed by atoms with Crippen molar-refractivity contribution in [1.29, 1.82) is 0 Å². The molecule has 0 radical (unpaired) electrons. The largest absolute Gasteiger partial charge is 0.481 e. The normalized spacial score (nSPS) is 19.3. The monoisotopic (exact) mass is 416 g/mol. The molecule has 1 aliphatic rings. The van der Waals surface area contributed by atoms with E-state index in [1.54, 1.807) is 13.8 Å². The van der Waals surface area contributed by atoms with E-state index in [-0.39, 0.29) is 18.9 Å². The van der Waals surface area contributed by atoms with Crippen molar-refractivity contribution in [3.8, 4) is 0 Å². The van der Waals surface area contributed by atoms with Gasteiger partial charge in [-0.25, -0.2) is 4.79 Å². The number of carbonyl (C=O) groups excluding carboxylic acids is 3. The summed E-state index contributed by atoms with van der Waals surface area (Å²) in [5, 5.41) is 31.6. The summed E-state index contributed by atoms with van der Waals surface area (Å²) < 4.78 is 0. The third-order valence-electron chi connectivity index (χ3n) is 4.65. The molecule has 1 heterocycles. The Morgan fingerprint density at radius 2 is 1.72 bits per heavy atom. The van der Waals surface area contributed by atoms with E-state index in [4.69, 9.17) is 21.1 Å². The Kier molecular flexibility index (Phi) is 8.98. The molecule has 1 fully saturated rings. The van der Waals surface area contributed by atoms with Crippen LogP contribution in [0.5, 0.6) is 0 Å². The van der Waals surface area contributed by atoms with Gasteiger partial charge in [-0.2, -0.15) is 0 Å². The van der Waals surface area contributed by atoms with Crippen molar-refractivity contribution in [2.75, 3.05) is 13.2 Å². The lowest BCUT2D eigenvalue weighted by Crippen LogP contribution is -2.58. The van der Waals surface area contributed by atoms with Crippen LogP contribution in [0.15, 0.2) is 0 Å². The molecular formula is C17H28N4O8. The average Bonchev–Trinajstić information content (AvgIpc) is 3.13. The second-order valence-electron chi connectivity index (χ2n) is 7.20. The van der Waals surface area contributed by atoms with Gasteiger partial charge in [0, 0.05) is 6.54 Å². The number of nitrogens with two attached hydrogens (primary N) is 1. The van der Waals surface area contributed by atoms with Crippen LogP contribution < -0.4 is 16.4 Å². The molecule has 4 unspecified atom stereocenters. The molecule has 1 saturated heterocycles. The van der Waals surface area contributed by atoms with Crippen molar-refractivity contribution in [1.82, 2.24) is 15.5 Å². The molecule has 12 heteroatoms. The number of likely N-dealkylation sites (tertiary alicyclic amines) is 1. The highest BCUT2D eigenvalue weighted by Crippen LogP contribution is 2.19. The highest BCUT2D eigenvalue weighted by molar-refractivity contribution is 5.96. The van der Waals surface area contributed by atoms with Gasteiger partial charge < -0.3 is 36.6 Å². The number of hydrogen-bond acceptors (Lipinski definition) is 7. The van der Waals surface area contributed by atoms with Gasteiger partial charge >= 0.3 is 11.9 Å². The first-order valence-electron chi connectivity index (χ1n) is 9.21. The quantitative estimate of drug-likeness (QED) is 0.222. The van der Waals surface area contributed by atoms with Crippen molar-refractivity contribution in [2.45, 2.75) is 57.3 Å². The summed E-state index contributed by atoms with van der Waals surface area (Å²) in [6, 6.07) is -4.94. The van der Waals surface area contributed by atoms with Crippen LogP contribution in [0.25, 0.3) is 0 Å². The molecule has 1 aliphatic heterocycles. The van der Waals surface area contributed by atoms with Crippen LogP contribution >= 0.6 is 0 Å². The SMILES string of the molecule is CC(C)C(N)C(=O)NC(CC(=O)O)C(=O)N1CCCC1C(=O)NC(CO)C(=O)O. The van der Waals surface area contributed by atoms with Crippen LogP contribution in [0.2, 0.25) is 0 Å². The molecule has 0 bridgehead atoms. The van der Waals surface area contributed by atoms with Crippen LogP contribution in [0, 0.1) is 5.92 Å². The standard InChI is InChI=1S/C17H28N4O8/c1-8(2)13(18)15(26)19-9(6-12(23)24)16(27)21-5-3-4-11(21)14(25)20-10(7-22)17(28)29/h8-11,13,22H,3-7,18H2,1-2H3,(H,19,26)(H,20,25)(H,23,24)(H,28,29). The zero-order valence-electron chi connectivity index (χ0n) is 16.3. The fourth-order valence-electron chi connectivity index (χ4n) is 2.90. The third kappa shape index (κ3) is 6.68. The number of aliphatic hydroxyl groups excluding tert-OH is 1. The molecule has 0 saturated carbocycles. The highest BCUT2D eigenvalue weighted by atomic mass is 16.4. The minimum Gasteiger partial charge on any atom is -0.481 e. The third-order valence-corrected chi connectivity index (χ3v) is 4.65. The van der Waals surface area contributed by atoms with Crippen LogP contribution in [0.1, 0.15) is 33.1 Å². The van der Waals surface area contributed by atoms with Gasteiger partial charge in [-0.05, 0) is 18.8 Å². The first-order chi connectivity index (χ1) is 13.5. The minimum absolute atomic E-state index is 0.135. The molecule has 0 aromatic heterocycles. The lowest BCUT2D eigenvalue weighted by Gasteiger charge is -2.29. The van der Waals surface area contributed by atoms with E-state index in [0.717, 1.165) is 4.90 Å². The second kappa shape index (κ2) is 10.7. The number of aliphatic carboxylic acids is 2. The molecule has 0 aromatic rings. The minimum atomic E-state index is -1.53. The summed E-state index contributed by atoms with van der Waals surface area (Å²) in [7, 11) is 0. The van der Waals surface area contributed by atoms with E-state index in [1.165, 1.54) is 0 Å². The van der Waals surface area contributed by atoms with E-state index < -0.39 is 66.9 Å². The van der Waals surface area contributed by atoms with E-state index in [9.17, 15) is 24.0 Å². The number of amides is 3. The number of carboxylic acid groups (broad SMARTS) is 2. The Morgan fingerprint density at radius 1 is 1.10 bits per heavy atom. The van der Waals surface area contributed by atoms with Crippen molar-refractivity contribution >= 4 is 29.7 Å². The predicted octanol–water partition coefficient (Wildman–Crippen LogP) is -2.52. The molecule has 4 atom stereocenters. The van der Waals surface area contributed by atoms with Gasteiger partial charge in [0.1, 0.15) is 18.1 Å². The zero-order chi connectivity index (χ0) is 22.3. The Hall–Kier alpha value is -2.73. The molecule has 3 amide bonds. The summed E-state index contributed by atoms with van der Waals surface area (Å²) in [6.07, 6.45) is -0.0386. The van der Waals surface area contributed by atoms with E-state index >= 15 is 0 Å². The molecule has 0 aromatic carbocycles. The van der Waals surface area contributed by atoms with E-state index in [1.807, 2.05) is 0 Å². The maximum absolute atomic E-state index is 12.9.